The lowest BCUT2D eigenvalue weighted by Crippen LogP contribution is -2.31. The second kappa shape index (κ2) is 7.09. The minimum Gasteiger partial charge on any atom is -0.356 e. The maximum absolute atomic E-state index is 11.9. The predicted molar refractivity (Wildman–Crippen MR) is 71.9 cm³/mol. The van der Waals surface area contributed by atoms with Gasteiger partial charge in [-0.3, -0.25) is 4.79 Å². The third-order valence-corrected chi connectivity index (χ3v) is 5.61. The summed E-state index contributed by atoms with van der Waals surface area (Å²) in [5.74, 6) is -0.223. The molecule has 5 nitrogen and oxygen atoms in total. The van der Waals surface area contributed by atoms with E-state index in [1.807, 2.05) is 6.92 Å². The van der Waals surface area contributed by atoms with Crippen molar-refractivity contribution in [2.75, 3.05) is 12.3 Å². The largest absolute Gasteiger partial charge is 0.356 e. The van der Waals surface area contributed by atoms with Crippen molar-refractivity contribution in [1.29, 1.82) is 0 Å². The summed E-state index contributed by atoms with van der Waals surface area (Å²) >= 11 is 0. The van der Waals surface area contributed by atoms with Crippen molar-refractivity contribution >= 4 is 15.7 Å². The summed E-state index contributed by atoms with van der Waals surface area (Å²) in [5.41, 5.74) is 5.56. The first kappa shape index (κ1) is 15.4. The van der Waals surface area contributed by atoms with Gasteiger partial charge in [0, 0.05) is 19.0 Å². The highest BCUT2D eigenvalue weighted by molar-refractivity contribution is 7.92. The van der Waals surface area contributed by atoms with Gasteiger partial charge in [0.2, 0.25) is 5.91 Å². The third kappa shape index (κ3) is 5.35. The van der Waals surface area contributed by atoms with E-state index in [1.54, 1.807) is 0 Å². The number of rotatable bonds is 7. The lowest BCUT2D eigenvalue weighted by molar-refractivity contribution is -0.120. The van der Waals surface area contributed by atoms with Gasteiger partial charge in [0.15, 0.2) is 9.84 Å². The van der Waals surface area contributed by atoms with Gasteiger partial charge in [-0.1, -0.05) is 12.8 Å². The van der Waals surface area contributed by atoms with E-state index in [9.17, 15) is 13.2 Å². The van der Waals surface area contributed by atoms with Crippen LogP contribution in [0.15, 0.2) is 0 Å². The van der Waals surface area contributed by atoms with Crippen LogP contribution in [0.4, 0.5) is 0 Å². The van der Waals surface area contributed by atoms with Gasteiger partial charge in [-0.15, -0.1) is 0 Å². The molecular weight excluding hydrogens is 252 g/mol. The van der Waals surface area contributed by atoms with Crippen LogP contribution in [0.25, 0.3) is 0 Å². The minimum atomic E-state index is -3.08. The molecule has 1 amide bonds. The first-order valence-electron chi connectivity index (χ1n) is 6.65. The summed E-state index contributed by atoms with van der Waals surface area (Å²) in [6.45, 7) is 2.39. The summed E-state index contributed by atoms with van der Waals surface area (Å²) in [6, 6.07) is 0.0486. The number of hydrogen-bond acceptors (Lipinski definition) is 4. The molecule has 0 aromatic rings. The van der Waals surface area contributed by atoms with Crippen molar-refractivity contribution in [3.8, 4) is 0 Å². The summed E-state index contributed by atoms with van der Waals surface area (Å²) in [5, 5.41) is 2.48. The number of amides is 1. The van der Waals surface area contributed by atoms with Gasteiger partial charge in [-0.2, -0.15) is 0 Å². The number of nitrogens with two attached hydrogens (primary N) is 1. The quantitative estimate of drug-likeness (QED) is 0.712. The molecule has 0 bridgehead atoms. The fraction of sp³-hybridized carbons (Fsp3) is 0.917. The molecule has 1 atom stereocenters. The zero-order chi connectivity index (χ0) is 13.6. The summed E-state index contributed by atoms with van der Waals surface area (Å²) in [4.78, 5) is 11.5. The zero-order valence-electron chi connectivity index (χ0n) is 11.0. The highest BCUT2D eigenvalue weighted by Crippen LogP contribution is 2.25. The highest BCUT2D eigenvalue weighted by atomic mass is 32.2. The van der Waals surface area contributed by atoms with Crippen LogP contribution in [-0.4, -0.2) is 37.9 Å². The van der Waals surface area contributed by atoms with Crippen molar-refractivity contribution in [1.82, 2.24) is 5.32 Å². The third-order valence-electron chi connectivity index (χ3n) is 3.35. The summed E-state index contributed by atoms with van der Waals surface area (Å²) < 4.78 is 23.8. The van der Waals surface area contributed by atoms with Gasteiger partial charge in [-0.05, 0) is 26.2 Å². The number of carbonyl (C=O) groups is 1. The van der Waals surface area contributed by atoms with Crippen LogP contribution in [0.2, 0.25) is 0 Å². The standard InChI is InChI=1S/C12H24N2O3S/c1-10(13)6-8-14-12(15)7-9-18(16,17)11-4-2-3-5-11/h10-11H,2-9,13H2,1H3,(H,14,15). The molecule has 0 aromatic carbocycles. The van der Waals surface area contributed by atoms with E-state index in [0.29, 0.717) is 13.0 Å². The topological polar surface area (TPSA) is 89.3 Å². The Balaban J connectivity index is 2.24. The SMILES string of the molecule is CC(N)CCNC(=O)CCS(=O)(=O)C1CCCC1. The molecule has 0 spiro atoms. The normalized spacial score (nSPS) is 18.8. The minimum absolute atomic E-state index is 0.0261. The Morgan fingerprint density at radius 1 is 1.39 bits per heavy atom. The van der Waals surface area contributed by atoms with E-state index >= 15 is 0 Å². The second-order valence-corrected chi connectivity index (χ2v) is 7.54. The first-order valence-corrected chi connectivity index (χ1v) is 8.37. The molecule has 1 aliphatic carbocycles. The predicted octanol–water partition coefficient (Wildman–Crippen LogP) is 0.587. The average molecular weight is 276 g/mol. The second-order valence-electron chi connectivity index (χ2n) is 5.14. The molecule has 0 heterocycles. The Morgan fingerprint density at radius 3 is 2.56 bits per heavy atom. The van der Waals surface area contributed by atoms with Crippen LogP contribution >= 0.6 is 0 Å². The molecular formula is C12H24N2O3S. The van der Waals surface area contributed by atoms with Crippen LogP contribution in [0, 0.1) is 0 Å². The Kier molecular flexibility index (Phi) is 6.08. The Bertz CT molecular complexity index is 360. The van der Waals surface area contributed by atoms with Gasteiger partial charge >= 0.3 is 0 Å². The summed E-state index contributed by atoms with van der Waals surface area (Å²) in [7, 11) is -3.08. The van der Waals surface area contributed by atoms with Crippen molar-refractivity contribution in [3.63, 3.8) is 0 Å². The van der Waals surface area contributed by atoms with Crippen LogP contribution in [0.1, 0.15) is 45.4 Å². The number of nitrogens with one attached hydrogen (secondary N) is 1. The molecule has 1 aliphatic rings. The number of carbonyl (C=O) groups excluding carboxylic acids is 1. The van der Waals surface area contributed by atoms with Crippen LogP contribution in [0.3, 0.4) is 0 Å². The van der Waals surface area contributed by atoms with Crippen LogP contribution in [-0.2, 0) is 14.6 Å². The fourth-order valence-electron chi connectivity index (χ4n) is 2.18. The fourth-order valence-corrected chi connectivity index (χ4v) is 4.03. The Hall–Kier alpha value is -0.620. The Labute approximate surface area is 109 Å². The van der Waals surface area contributed by atoms with E-state index in [1.165, 1.54) is 0 Å². The van der Waals surface area contributed by atoms with E-state index in [-0.39, 0.29) is 29.4 Å². The van der Waals surface area contributed by atoms with Gasteiger partial charge in [0.05, 0.1) is 11.0 Å². The molecule has 1 fully saturated rings. The van der Waals surface area contributed by atoms with Gasteiger partial charge in [0.25, 0.3) is 0 Å². The number of sulfone groups is 1. The molecule has 1 saturated carbocycles. The zero-order valence-corrected chi connectivity index (χ0v) is 11.8. The number of hydrogen-bond donors (Lipinski definition) is 2. The van der Waals surface area contributed by atoms with Crippen molar-refractivity contribution in [2.24, 2.45) is 5.73 Å². The van der Waals surface area contributed by atoms with Gasteiger partial charge < -0.3 is 11.1 Å². The molecule has 0 aliphatic heterocycles. The van der Waals surface area contributed by atoms with E-state index in [2.05, 4.69) is 5.32 Å². The van der Waals surface area contributed by atoms with Crippen molar-refractivity contribution < 1.29 is 13.2 Å². The smallest absolute Gasteiger partial charge is 0.221 e. The molecule has 18 heavy (non-hydrogen) atoms. The lowest BCUT2D eigenvalue weighted by atomic mass is 10.2. The van der Waals surface area contributed by atoms with Crippen molar-refractivity contribution in [2.45, 2.75) is 56.7 Å². The van der Waals surface area contributed by atoms with E-state index in [0.717, 1.165) is 25.7 Å². The summed E-state index contributed by atoms with van der Waals surface area (Å²) in [6.07, 6.45) is 4.27. The molecule has 3 N–H and O–H groups in total. The maximum Gasteiger partial charge on any atom is 0.221 e. The Morgan fingerprint density at radius 2 is 2.00 bits per heavy atom. The van der Waals surface area contributed by atoms with Crippen LogP contribution < -0.4 is 11.1 Å². The van der Waals surface area contributed by atoms with Crippen molar-refractivity contribution in [3.05, 3.63) is 0 Å². The monoisotopic (exact) mass is 276 g/mol. The molecule has 1 unspecified atom stereocenters. The van der Waals surface area contributed by atoms with Gasteiger partial charge in [0.1, 0.15) is 0 Å². The van der Waals surface area contributed by atoms with E-state index in [4.69, 9.17) is 5.73 Å². The molecule has 106 valence electrons. The molecule has 6 heteroatoms. The van der Waals surface area contributed by atoms with Crippen LogP contribution in [0.5, 0.6) is 0 Å². The first-order chi connectivity index (χ1) is 8.42. The average Bonchev–Trinajstić information content (AvgIpc) is 2.80. The molecule has 0 radical (unpaired) electrons. The van der Waals surface area contributed by atoms with E-state index < -0.39 is 9.84 Å². The molecule has 0 aromatic heterocycles. The maximum atomic E-state index is 11.9. The molecule has 1 rings (SSSR count). The lowest BCUT2D eigenvalue weighted by Gasteiger charge is -2.11. The molecule has 0 saturated heterocycles. The highest BCUT2D eigenvalue weighted by Gasteiger charge is 2.28. The van der Waals surface area contributed by atoms with Gasteiger partial charge in [-0.25, -0.2) is 8.42 Å².